The van der Waals surface area contributed by atoms with Gasteiger partial charge in [0, 0.05) is 13.1 Å². The summed E-state index contributed by atoms with van der Waals surface area (Å²) in [6, 6.07) is -1.67. The molecule has 2 fully saturated rings. The minimum atomic E-state index is -0.724. The third-order valence-electron chi connectivity index (χ3n) is 5.81. The predicted octanol–water partition coefficient (Wildman–Crippen LogP) is 0.942. The summed E-state index contributed by atoms with van der Waals surface area (Å²) < 4.78 is 10.6. The Morgan fingerprint density at radius 2 is 1.89 bits per heavy atom. The Morgan fingerprint density at radius 3 is 2.41 bits per heavy atom. The molecule has 2 aliphatic rings. The number of morpholine rings is 1. The van der Waals surface area contributed by atoms with Crippen LogP contribution in [0.3, 0.4) is 0 Å². The van der Waals surface area contributed by atoms with Gasteiger partial charge in [0.1, 0.15) is 18.7 Å². The molecule has 3 atom stereocenters. The number of rotatable bonds is 6. The topological polar surface area (TPSA) is 97.0 Å². The van der Waals surface area contributed by atoms with Gasteiger partial charge in [0.15, 0.2) is 5.78 Å². The average molecular weight is 383 g/mol. The molecular formula is C19H33N3O5. The van der Waals surface area contributed by atoms with Crippen molar-refractivity contribution in [3.8, 4) is 0 Å². The molecule has 0 bridgehead atoms. The number of Topliss-reactive ketones (excluding diaryl/α,β-unsaturated/α-hetero) is 1. The lowest BCUT2D eigenvalue weighted by atomic mass is 9.76. The van der Waals surface area contributed by atoms with Crippen LogP contribution in [0.4, 0.5) is 4.79 Å². The normalized spacial score (nSPS) is 24.8. The molecule has 2 saturated heterocycles. The van der Waals surface area contributed by atoms with Crippen LogP contribution in [0.5, 0.6) is 0 Å². The van der Waals surface area contributed by atoms with Crippen LogP contribution in [0.1, 0.15) is 41.0 Å². The van der Waals surface area contributed by atoms with Gasteiger partial charge in [-0.2, -0.15) is 0 Å². The Morgan fingerprint density at radius 1 is 1.26 bits per heavy atom. The zero-order chi connectivity index (χ0) is 20.2. The fourth-order valence-electron chi connectivity index (χ4n) is 3.09. The first kappa shape index (κ1) is 21.6. The van der Waals surface area contributed by atoms with E-state index < -0.39 is 12.1 Å². The third-order valence-corrected chi connectivity index (χ3v) is 5.81. The van der Waals surface area contributed by atoms with Crippen LogP contribution in [0, 0.1) is 11.3 Å². The molecule has 2 heterocycles. The van der Waals surface area contributed by atoms with E-state index in [1.165, 1.54) is 0 Å². The molecule has 8 nitrogen and oxygen atoms in total. The zero-order valence-corrected chi connectivity index (χ0v) is 17.0. The number of ether oxygens (including phenoxy) is 2. The van der Waals surface area contributed by atoms with Gasteiger partial charge >= 0.3 is 6.03 Å². The maximum absolute atomic E-state index is 12.9. The van der Waals surface area contributed by atoms with Crippen LogP contribution in [0.2, 0.25) is 0 Å². The van der Waals surface area contributed by atoms with Gasteiger partial charge < -0.3 is 25.0 Å². The molecule has 154 valence electrons. The van der Waals surface area contributed by atoms with E-state index in [2.05, 4.69) is 38.3 Å². The quantitative estimate of drug-likeness (QED) is 0.712. The van der Waals surface area contributed by atoms with Crippen molar-refractivity contribution in [3.63, 3.8) is 0 Å². The Hall–Kier alpha value is -1.67. The van der Waals surface area contributed by atoms with Gasteiger partial charge in [0.2, 0.25) is 5.91 Å². The van der Waals surface area contributed by atoms with Crippen molar-refractivity contribution in [1.29, 1.82) is 0 Å². The number of nitrogens with one attached hydrogen (secondary N) is 2. The highest BCUT2D eigenvalue weighted by atomic mass is 16.5. The second-order valence-corrected chi connectivity index (χ2v) is 8.42. The van der Waals surface area contributed by atoms with E-state index in [0.29, 0.717) is 38.6 Å². The van der Waals surface area contributed by atoms with Gasteiger partial charge in [0.25, 0.3) is 0 Å². The van der Waals surface area contributed by atoms with Crippen molar-refractivity contribution in [2.45, 2.75) is 59.2 Å². The van der Waals surface area contributed by atoms with E-state index in [4.69, 9.17) is 9.47 Å². The summed E-state index contributed by atoms with van der Waals surface area (Å²) >= 11 is 0. The maximum atomic E-state index is 12.9. The van der Waals surface area contributed by atoms with Crippen LogP contribution < -0.4 is 10.6 Å². The highest BCUT2D eigenvalue weighted by Crippen LogP contribution is 2.31. The molecule has 8 heteroatoms. The number of hydrogen-bond acceptors (Lipinski definition) is 5. The SMILES string of the molecule is CC(C)C(C)(C)CC(NC(=O)N1CCOCC1)C(=O)N[C@@H]1C(=O)CO[C@H]1C. The highest BCUT2D eigenvalue weighted by molar-refractivity contribution is 5.94. The first-order valence-corrected chi connectivity index (χ1v) is 9.69. The molecule has 0 aromatic heterocycles. The molecule has 0 aromatic carbocycles. The molecule has 0 spiro atoms. The lowest BCUT2D eigenvalue weighted by Crippen LogP contribution is -2.57. The fraction of sp³-hybridized carbons (Fsp3) is 0.842. The standard InChI is InChI=1S/C19H33N3O5/c1-12(2)19(4,5)10-14(20-18(25)22-6-8-26-9-7-22)17(24)21-16-13(3)27-11-15(16)23/h12-14,16H,6-11H2,1-5H3,(H,20,25)(H,21,24)/t13-,14?,16-/m0/s1. The van der Waals surface area contributed by atoms with E-state index >= 15 is 0 Å². The number of carbonyl (C=O) groups excluding carboxylic acids is 3. The number of urea groups is 1. The molecule has 1 unspecified atom stereocenters. The molecular weight excluding hydrogens is 350 g/mol. The Balaban J connectivity index is 2.09. The van der Waals surface area contributed by atoms with E-state index in [-0.39, 0.29) is 35.8 Å². The molecule has 2 N–H and O–H groups in total. The molecule has 27 heavy (non-hydrogen) atoms. The van der Waals surface area contributed by atoms with Gasteiger partial charge in [-0.1, -0.05) is 27.7 Å². The van der Waals surface area contributed by atoms with Crippen molar-refractivity contribution < 1.29 is 23.9 Å². The van der Waals surface area contributed by atoms with E-state index in [9.17, 15) is 14.4 Å². The van der Waals surface area contributed by atoms with Gasteiger partial charge in [-0.25, -0.2) is 4.79 Å². The summed E-state index contributed by atoms with van der Waals surface area (Å²) in [7, 11) is 0. The van der Waals surface area contributed by atoms with Crippen LogP contribution >= 0.6 is 0 Å². The van der Waals surface area contributed by atoms with E-state index in [0.717, 1.165) is 0 Å². The fourth-order valence-corrected chi connectivity index (χ4v) is 3.09. The summed E-state index contributed by atoms with van der Waals surface area (Å²) in [6.07, 6.45) is 0.109. The number of amides is 3. The zero-order valence-electron chi connectivity index (χ0n) is 17.0. The number of nitrogens with zero attached hydrogens (tertiary/aromatic N) is 1. The lowest BCUT2D eigenvalue weighted by Gasteiger charge is -2.35. The molecule has 0 radical (unpaired) electrons. The van der Waals surface area contributed by atoms with Crippen LogP contribution in [-0.2, 0) is 19.1 Å². The summed E-state index contributed by atoms with van der Waals surface area (Å²) in [6.45, 7) is 12.1. The molecule has 0 saturated carbocycles. The molecule has 2 aliphatic heterocycles. The van der Waals surface area contributed by atoms with Gasteiger partial charge in [0.05, 0.1) is 19.3 Å². The maximum Gasteiger partial charge on any atom is 0.318 e. The molecule has 3 amide bonds. The van der Waals surface area contributed by atoms with Crippen molar-refractivity contribution >= 4 is 17.7 Å². The van der Waals surface area contributed by atoms with Crippen LogP contribution in [0.25, 0.3) is 0 Å². The Labute approximate surface area is 161 Å². The van der Waals surface area contributed by atoms with Gasteiger partial charge in [-0.15, -0.1) is 0 Å². The van der Waals surface area contributed by atoms with Crippen molar-refractivity contribution in [2.24, 2.45) is 11.3 Å². The average Bonchev–Trinajstić information content (AvgIpc) is 2.93. The van der Waals surface area contributed by atoms with Crippen LogP contribution in [0.15, 0.2) is 0 Å². The third kappa shape index (κ3) is 5.65. The largest absolute Gasteiger partial charge is 0.378 e. The lowest BCUT2D eigenvalue weighted by molar-refractivity contribution is -0.128. The van der Waals surface area contributed by atoms with Gasteiger partial charge in [-0.05, 0) is 24.7 Å². The number of hydrogen-bond donors (Lipinski definition) is 2. The summed E-state index contributed by atoms with van der Waals surface area (Å²) in [4.78, 5) is 39.2. The Bertz CT molecular complexity index is 558. The van der Waals surface area contributed by atoms with E-state index in [1.54, 1.807) is 11.8 Å². The van der Waals surface area contributed by atoms with Crippen molar-refractivity contribution in [1.82, 2.24) is 15.5 Å². The summed E-state index contributed by atoms with van der Waals surface area (Å²) in [5.74, 6) is -0.165. The summed E-state index contributed by atoms with van der Waals surface area (Å²) in [5, 5.41) is 5.65. The second-order valence-electron chi connectivity index (χ2n) is 8.42. The van der Waals surface area contributed by atoms with Crippen molar-refractivity contribution in [3.05, 3.63) is 0 Å². The van der Waals surface area contributed by atoms with Crippen molar-refractivity contribution in [2.75, 3.05) is 32.9 Å². The summed E-state index contributed by atoms with van der Waals surface area (Å²) in [5.41, 5.74) is -0.165. The second kappa shape index (κ2) is 9.01. The monoisotopic (exact) mass is 383 g/mol. The minimum Gasteiger partial charge on any atom is -0.378 e. The highest BCUT2D eigenvalue weighted by Gasteiger charge is 2.38. The van der Waals surface area contributed by atoms with E-state index in [1.807, 2.05) is 0 Å². The molecule has 0 aliphatic carbocycles. The smallest absolute Gasteiger partial charge is 0.318 e. The van der Waals surface area contributed by atoms with Gasteiger partial charge in [-0.3, -0.25) is 9.59 Å². The number of ketones is 1. The molecule has 0 aromatic rings. The Kier molecular flexibility index (Phi) is 7.22. The number of carbonyl (C=O) groups is 3. The minimum absolute atomic E-state index is 0.00834. The molecule has 2 rings (SSSR count). The predicted molar refractivity (Wildman–Crippen MR) is 100 cm³/mol. The first-order valence-electron chi connectivity index (χ1n) is 9.69. The van der Waals surface area contributed by atoms with Crippen LogP contribution in [-0.4, -0.2) is 73.7 Å². The first-order chi connectivity index (χ1) is 12.6.